The van der Waals surface area contributed by atoms with Crippen molar-refractivity contribution in [3.05, 3.63) is 34.3 Å². The summed E-state index contributed by atoms with van der Waals surface area (Å²) in [6, 6.07) is 8.96. The Balaban J connectivity index is 1.83. The maximum atomic E-state index is 5.86. The van der Waals surface area contributed by atoms with Gasteiger partial charge in [-0.3, -0.25) is 4.90 Å². The van der Waals surface area contributed by atoms with Gasteiger partial charge in [-0.1, -0.05) is 34.1 Å². The van der Waals surface area contributed by atoms with Gasteiger partial charge >= 0.3 is 0 Å². The average molecular weight is 341 g/mol. The lowest BCUT2D eigenvalue weighted by atomic mass is 10.0. The number of nitrogens with two attached hydrogens (primary N) is 1. The van der Waals surface area contributed by atoms with E-state index in [9.17, 15) is 0 Å². The molecule has 1 aliphatic heterocycles. The van der Waals surface area contributed by atoms with Crippen LogP contribution in [-0.4, -0.2) is 37.2 Å². The van der Waals surface area contributed by atoms with E-state index in [0.717, 1.165) is 45.5 Å². The van der Waals surface area contributed by atoms with Gasteiger partial charge in [0.05, 0.1) is 6.10 Å². The second-order valence-corrected chi connectivity index (χ2v) is 6.30. The number of hydrogen-bond acceptors (Lipinski definition) is 3. The lowest BCUT2D eigenvalue weighted by molar-refractivity contribution is -0.000806. The van der Waals surface area contributed by atoms with E-state index in [2.05, 4.69) is 52.0 Å². The number of benzene rings is 1. The molecule has 0 aliphatic carbocycles. The van der Waals surface area contributed by atoms with Gasteiger partial charge in [0.1, 0.15) is 0 Å². The Labute approximate surface area is 130 Å². The first-order chi connectivity index (χ1) is 9.72. The monoisotopic (exact) mass is 340 g/mol. The Kier molecular flexibility index (Phi) is 6.49. The van der Waals surface area contributed by atoms with Crippen molar-refractivity contribution < 1.29 is 4.74 Å². The smallest absolute Gasteiger partial charge is 0.0599 e. The summed E-state index contributed by atoms with van der Waals surface area (Å²) in [6.45, 7) is 6.03. The fourth-order valence-corrected chi connectivity index (χ4v) is 3.39. The van der Waals surface area contributed by atoms with Gasteiger partial charge in [0, 0.05) is 30.2 Å². The van der Waals surface area contributed by atoms with Gasteiger partial charge in [0.25, 0.3) is 0 Å². The molecule has 0 radical (unpaired) electrons. The van der Waals surface area contributed by atoms with Crippen molar-refractivity contribution in [2.24, 2.45) is 5.73 Å². The third-order valence-corrected chi connectivity index (χ3v) is 4.80. The molecule has 1 unspecified atom stereocenters. The standard InChI is InChI=1S/C16H25BrN2O/c1-13(15-5-2-3-6-16(15)17)19-10-7-14(8-11-19)20-12-4-9-18/h2-3,5-6,13-14H,4,7-12,18H2,1H3. The number of rotatable bonds is 6. The summed E-state index contributed by atoms with van der Waals surface area (Å²) in [5, 5.41) is 0. The molecule has 1 aromatic rings. The van der Waals surface area contributed by atoms with E-state index in [1.54, 1.807) is 0 Å². The van der Waals surface area contributed by atoms with Crippen LogP contribution in [0.25, 0.3) is 0 Å². The summed E-state index contributed by atoms with van der Waals surface area (Å²) in [5.41, 5.74) is 6.86. The van der Waals surface area contributed by atoms with Crippen LogP contribution in [0, 0.1) is 0 Å². The number of likely N-dealkylation sites (tertiary alicyclic amines) is 1. The Hall–Kier alpha value is -0.420. The zero-order valence-corrected chi connectivity index (χ0v) is 13.8. The van der Waals surface area contributed by atoms with Gasteiger partial charge in [-0.25, -0.2) is 0 Å². The van der Waals surface area contributed by atoms with E-state index >= 15 is 0 Å². The van der Waals surface area contributed by atoms with E-state index in [1.807, 2.05) is 0 Å². The first-order valence-corrected chi connectivity index (χ1v) is 8.32. The third-order valence-electron chi connectivity index (χ3n) is 4.08. The molecular weight excluding hydrogens is 316 g/mol. The summed E-state index contributed by atoms with van der Waals surface area (Å²) in [7, 11) is 0. The summed E-state index contributed by atoms with van der Waals surface area (Å²) >= 11 is 3.65. The molecule has 4 heteroatoms. The van der Waals surface area contributed by atoms with Crippen LogP contribution in [0.5, 0.6) is 0 Å². The van der Waals surface area contributed by atoms with Gasteiger partial charge in [-0.15, -0.1) is 0 Å². The van der Waals surface area contributed by atoms with Crippen LogP contribution in [-0.2, 0) is 4.74 Å². The molecule has 0 saturated carbocycles. The molecule has 1 aromatic carbocycles. The lowest BCUT2D eigenvalue weighted by Crippen LogP contribution is -2.38. The molecule has 0 amide bonds. The van der Waals surface area contributed by atoms with Crippen LogP contribution >= 0.6 is 15.9 Å². The molecule has 1 saturated heterocycles. The van der Waals surface area contributed by atoms with Crippen molar-refractivity contribution in [2.45, 2.75) is 38.3 Å². The fourth-order valence-electron chi connectivity index (χ4n) is 2.77. The highest BCUT2D eigenvalue weighted by molar-refractivity contribution is 9.10. The number of ether oxygens (including phenoxy) is 1. The molecule has 0 spiro atoms. The molecule has 20 heavy (non-hydrogen) atoms. The molecule has 3 nitrogen and oxygen atoms in total. The van der Waals surface area contributed by atoms with Crippen LogP contribution in [0.1, 0.15) is 37.8 Å². The summed E-state index contributed by atoms with van der Waals surface area (Å²) < 4.78 is 7.07. The zero-order valence-electron chi connectivity index (χ0n) is 12.2. The van der Waals surface area contributed by atoms with Gasteiger partial charge in [-0.2, -0.15) is 0 Å². The summed E-state index contributed by atoms with van der Waals surface area (Å²) in [4.78, 5) is 2.54. The number of hydrogen-bond donors (Lipinski definition) is 1. The topological polar surface area (TPSA) is 38.5 Å². The summed E-state index contributed by atoms with van der Waals surface area (Å²) in [6.07, 6.45) is 3.64. The minimum Gasteiger partial charge on any atom is -0.378 e. The van der Waals surface area contributed by atoms with Gasteiger partial charge < -0.3 is 10.5 Å². The van der Waals surface area contributed by atoms with Crippen LogP contribution < -0.4 is 5.73 Å². The van der Waals surface area contributed by atoms with Crippen molar-refractivity contribution in [2.75, 3.05) is 26.2 Å². The first-order valence-electron chi connectivity index (χ1n) is 7.52. The lowest BCUT2D eigenvalue weighted by Gasteiger charge is -2.36. The molecule has 2 rings (SSSR count). The molecule has 0 aromatic heterocycles. The highest BCUT2D eigenvalue weighted by atomic mass is 79.9. The molecule has 1 fully saturated rings. The van der Waals surface area contributed by atoms with Crippen molar-refractivity contribution >= 4 is 15.9 Å². The highest BCUT2D eigenvalue weighted by Gasteiger charge is 2.24. The van der Waals surface area contributed by atoms with E-state index < -0.39 is 0 Å². The fraction of sp³-hybridized carbons (Fsp3) is 0.625. The number of nitrogens with zero attached hydrogens (tertiary/aromatic N) is 1. The van der Waals surface area contributed by atoms with Crippen molar-refractivity contribution in [3.8, 4) is 0 Å². The predicted molar refractivity (Wildman–Crippen MR) is 86.8 cm³/mol. The molecular formula is C16H25BrN2O. The van der Waals surface area contributed by atoms with E-state index in [1.165, 1.54) is 10.0 Å². The van der Waals surface area contributed by atoms with Crippen LogP contribution in [0.15, 0.2) is 28.7 Å². The summed E-state index contributed by atoms with van der Waals surface area (Å²) in [5.74, 6) is 0. The zero-order chi connectivity index (χ0) is 14.4. The van der Waals surface area contributed by atoms with Gasteiger partial charge in [0.2, 0.25) is 0 Å². The molecule has 1 aliphatic rings. The second-order valence-electron chi connectivity index (χ2n) is 5.45. The SMILES string of the molecule is CC(c1ccccc1Br)N1CCC(OCCCN)CC1. The molecule has 1 heterocycles. The largest absolute Gasteiger partial charge is 0.378 e. The Morgan fingerprint density at radius 2 is 2.05 bits per heavy atom. The minimum absolute atomic E-state index is 0.421. The number of piperidine rings is 1. The molecule has 1 atom stereocenters. The normalized spacial score (nSPS) is 19.1. The van der Waals surface area contributed by atoms with Gasteiger partial charge in [-0.05, 0) is 44.4 Å². The van der Waals surface area contributed by atoms with Crippen LogP contribution in [0.4, 0.5) is 0 Å². The van der Waals surface area contributed by atoms with Crippen molar-refractivity contribution in [3.63, 3.8) is 0 Å². The van der Waals surface area contributed by atoms with E-state index in [4.69, 9.17) is 10.5 Å². The second kappa shape index (κ2) is 8.13. The molecule has 0 bridgehead atoms. The first kappa shape index (κ1) is 16.0. The quantitative estimate of drug-likeness (QED) is 0.807. The van der Waals surface area contributed by atoms with Crippen LogP contribution in [0.2, 0.25) is 0 Å². The van der Waals surface area contributed by atoms with E-state index in [-0.39, 0.29) is 0 Å². The van der Waals surface area contributed by atoms with Gasteiger partial charge in [0.15, 0.2) is 0 Å². The Morgan fingerprint density at radius 3 is 2.70 bits per heavy atom. The van der Waals surface area contributed by atoms with Crippen molar-refractivity contribution in [1.29, 1.82) is 0 Å². The number of halogens is 1. The third kappa shape index (κ3) is 4.29. The minimum atomic E-state index is 0.421. The van der Waals surface area contributed by atoms with E-state index in [0.29, 0.717) is 12.1 Å². The maximum Gasteiger partial charge on any atom is 0.0599 e. The van der Waals surface area contributed by atoms with Crippen LogP contribution in [0.3, 0.4) is 0 Å². The maximum absolute atomic E-state index is 5.86. The molecule has 112 valence electrons. The molecule has 2 N–H and O–H groups in total. The Bertz CT molecular complexity index is 405. The average Bonchev–Trinajstić information content (AvgIpc) is 2.48. The Morgan fingerprint density at radius 1 is 1.35 bits per heavy atom. The highest BCUT2D eigenvalue weighted by Crippen LogP contribution is 2.29. The predicted octanol–water partition coefficient (Wildman–Crippen LogP) is 3.34. The van der Waals surface area contributed by atoms with Crippen molar-refractivity contribution in [1.82, 2.24) is 4.90 Å².